The SMILES string of the molecule is CN1CCC(Cn2cnc(CNC3CC3)c2)C1. The first-order chi connectivity index (χ1) is 8.29. The molecule has 2 aliphatic rings. The van der Waals surface area contributed by atoms with Crippen LogP contribution in [0, 0.1) is 5.92 Å². The minimum Gasteiger partial charge on any atom is -0.337 e. The summed E-state index contributed by atoms with van der Waals surface area (Å²) in [5.41, 5.74) is 1.18. The van der Waals surface area contributed by atoms with Gasteiger partial charge in [-0.15, -0.1) is 0 Å². The van der Waals surface area contributed by atoms with Crippen molar-refractivity contribution in [2.45, 2.75) is 38.4 Å². The van der Waals surface area contributed by atoms with Crippen LogP contribution in [0.4, 0.5) is 0 Å². The molecule has 0 aromatic carbocycles. The van der Waals surface area contributed by atoms with E-state index >= 15 is 0 Å². The van der Waals surface area contributed by atoms with Crippen LogP contribution in [0.25, 0.3) is 0 Å². The van der Waals surface area contributed by atoms with Crippen LogP contribution >= 0.6 is 0 Å². The molecule has 1 aromatic heterocycles. The molecular weight excluding hydrogens is 212 g/mol. The van der Waals surface area contributed by atoms with Gasteiger partial charge in [-0.3, -0.25) is 0 Å². The maximum Gasteiger partial charge on any atom is 0.0950 e. The van der Waals surface area contributed by atoms with Gasteiger partial charge in [-0.05, 0) is 38.8 Å². The molecule has 0 radical (unpaired) electrons. The van der Waals surface area contributed by atoms with Crippen molar-refractivity contribution in [2.24, 2.45) is 5.92 Å². The molecule has 1 N–H and O–H groups in total. The Kier molecular flexibility index (Phi) is 3.16. The predicted molar refractivity (Wildman–Crippen MR) is 67.7 cm³/mol. The highest BCUT2D eigenvalue weighted by Gasteiger charge is 2.21. The number of hydrogen-bond donors (Lipinski definition) is 1. The molecular formula is C13H22N4. The lowest BCUT2D eigenvalue weighted by molar-refractivity contribution is 0.378. The maximum atomic E-state index is 4.46. The molecule has 1 aliphatic carbocycles. The Morgan fingerprint density at radius 1 is 1.41 bits per heavy atom. The average Bonchev–Trinajstić information content (AvgIpc) is 2.90. The number of aromatic nitrogens is 2. The van der Waals surface area contributed by atoms with E-state index in [0.717, 1.165) is 25.0 Å². The van der Waals surface area contributed by atoms with Crippen molar-refractivity contribution in [2.75, 3.05) is 20.1 Å². The van der Waals surface area contributed by atoms with E-state index in [1.54, 1.807) is 0 Å². The van der Waals surface area contributed by atoms with Crippen LogP contribution in [0.5, 0.6) is 0 Å². The summed E-state index contributed by atoms with van der Waals surface area (Å²) < 4.78 is 2.26. The fraction of sp³-hybridized carbons (Fsp3) is 0.769. The number of hydrogen-bond acceptors (Lipinski definition) is 3. The van der Waals surface area contributed by atoms with Crippen LogP contribution in [-0.4, -0.2) is 40.6 Å². The van der Waals surface area contributed by atoms with Gasteiger partial charge in [0.2, 0.25) is 0 Å². The largest absolute Gasteiger partial charge is 0.337 e. The number of nitrogens with one attached hydrogen (secondary N) is 1. The Morgan fingerprint density at radius 2 is 2.29 bits per heavy atom. The second kappa shape index (κ2) is 4.78. The van der Waals surface area contributed by atoms with E-state index in [4.69, 9.17) is 0 Å². The lowest BCUT2D eigenvalue weighted by Gasteiger charge is -2.10. The van der Waals surface area contributed by atoms with Gasteiger partial charge in [0.05, 0.1) is 12.0 Å². The van der Waals surface area contributed by atoms with Crippen molar-refractivity contribution in [3.05, 3.63) is 18.2 Å². The maximum absolute atomic E-state index is 4.46. The van der Waals surface area contributed by atoms with Crippen LogP contribution in [-0.2, 0) is 13.1 Å². The zero-order valence-electron chi connectivity index (χ0n) is 10.6. The molecule has 94 valence electrons. The van der Waals surface area contributed by atoms with Crippen molar-refractivity contribution in [1.82, 2.24) is 19.8 Å². The van der Waals surface area contributed by atoms with Crippen molar-refractivity contribution in [1.29, 1.82) is 0 Å². The highest BCUT2D eigenvalue weighted by Crippen LogP contribution is 2.19. The van der Waals surface area contributed by atoms with Crippen LogP contribution in [0.3, 0.4) is 0 Å². The summed E-state index contributed by atoms with van der Waals surface area (Å²) in [5, 5.41) is 3.50. The smallest absolute Gasteiger partial charge is 0.0950 e. The highest BCUT2D eigenvalue weighted by atomic mass is 15.1. The summed E-state index contributed by atoms with van der Waals surface area (Å²) in [7, 11) is 2.21. The van der Waals surface area contributed by atoms with E-state index in [1.807, 2.05) is 6.33 Å². The van der Waals surface area contributed by atoms with Gasteiger partial charge in [-0.1, -0.05) is 0 Å². The Labute approximate surface area is 103 Å². The lowest BCUT2D eigenvalue weighted by atomic mass is 10.1. The first kappa shape index (κ1) is 11.2. The van der Waals surface area contributed by atoms with Gasteiger partial charge < -0.3 is 14.8 Å². The van der Waals surface area contributed by atoms with E-state index in [9.17, 15) is 0 Å². The molecule has 1 aromatic rings. The second-order valence-corrected chi connectivity index (χ2v) is 5.63. The molecule has 0 bridgehead atoms. The zero-order valence-corrected chi connectivity index (χ0v) is 10.6. The van der Waals surface area contributed by atoms with Gasteiger partial charge in [0.25, 0.3) is 0 Å². The third-order valence-electron chi connectivity index (χ3n) is 3.79. The predicted octanol–water partition coefficient (Wildman–Crippen LogP) is 1.09. The molecule has 1 atom stereocenters. The van der Waals surface area contributed by atoms with Crippen LogP contribution in [0.2, 0.25) is 0 Å². The van der Waals surface area contributed by atoms with Gasteiger partial charge in [0.1, 0.15) is 0 Å². The van der Waals surface area contributed by atoms with Crippen molar-refractivity contribution in [3.8, 4) is 0 Å². The Hall–Kier alpha value is -0.870. The molecule has 0 amide bonds. The zero-order chi connectivity index (χ0) is 11.7. The molecule has 0 spiro atoms. The van der Waals surface area contributed by atoms with Crippen molar-refractivity contribution in [3.63, 3.8) is 0 Å². The molecule has 17 heavy (non-hydrogen) atoms. The molecule has 2 heterocycles. The monoisotopic (exact) mass is 234 g/mol. The van der Waals surface area contributed by atoms with Crippen molar-refractivity contribution < 1.29 is 0 Å². The second-order valence-electron chi connectivity index (χ2n) is 5.63. The number of rotatable bonds is 5. The summed E-state index contributed by atoms with van der Waals surface area (Å²) in [6.45, 7) is 4.53. The highest BCUT2D eigenvalue weighted by molar-refractivity contribution is 4.98. The van der Waals surface area contributed by atoms with E-state index in [1.165, 1.54) is 38.0 Å². The molecule has 4 nitrogen and oxygen atoms in total. The Morgan fingerprint density at radius 3 is 3.00 bits per heavy atom. The molecule has 2 fully saturated rings. The third kappa shape index (κ3) is 3.07. The Balaban J connectivity index is 1.49. The quantitative estimate of drug-likeness (QED) is 0.828. The van der Waals surface area contributed by atoms with Gasteiger partial charge in [-0.25, -0.2) is 4.98 Å². The molecule has 1 unspecified atom stereocenters. The lowest BCUT2D eigenvalue weighted by Crippen LogP contribution is -2.17. The van der Waals surface area contributed by atoms with E-state index in [-0.39, 0.29) is 0 Å². The van der Waals surface area contributed by atoms with Gasteiger partial charge in [-0.2, -0.15) is 0 Å². The fourth-order valence-electron chi connectivity index (χ4n) is 2.61. The van der Waals surface area contributed by atoms with Crippen LogP contribution < -0.4 is 5.32 Å². The summed E-state index contributed by atoms with van der Waals surface area (Å²) in [6.07, 6.45) is 8.20. The van der Waals surface area contributed by atoms with E-state index in [0.29, 0.717) is 0 Å². The van der Waals surface area contributed by atoms with Crippen LogP contribution in [0.15, 0.2) is 12.5 Å². The van der Waals surface area contributed by atoms with Crippen molar-refractivity contribution >= 4 is 0 Å². The first-order valence-electron chi connectivity index (χ1n) is 6.72. The third-order valence-corrected chi connectivity index (χ3v) is 3.79. The number of likely N-dealkylation sites (tertiary alicyclic amines) is 1. The average molecular weight is 234 g/mol. The summed E-state index contributed by atoms with van der Waals surface area (Å²) in [6, 6.07) is 0.767. The molecule has 1 saturated carbocycles. The van der Waals surface area contributed by atoms with E-state index < -0.39 is 0 Å². The molecule has 4 heteroatoms. The standard InChI is InChI=1S/C13H22N4/c1-16-5-4-11(7-16)8-17-9-13(15-10-17)6-14-12-2-3-12/h9-12,14H,2-8H2,1H3. The fourth-order valence-corrected chi connectivity index (χ4v) is 2.61. The Bertz CT molecular complexity index is 369. The molecule has 1 saturated heterocycles. The summed E-state index contributed by atoms with van der Waals surface area (Å²) in [4.78, 5) is 6.88. The van der Waals surface area contributed by atoms with Gasteiger partial charge in [0, 0.05) is 31.9 Å². The van der Waals surface area contributed by atoms with Gasteiger partial charge in [0.15, 0.2) is 0 Å². The topological polar surface area (TPSA) is 33.1 Å². The summed E-state index contributed by atoms with van der Waals surface area (Å²) >= 11 is 0. The van der Waals surface area contributed by atoms with E-state index in [2.05, 4.69) is 33.0 Å². The first-order valence-corrected chi connectivity index (χ1v) is 6.72. The summed E-state index contributed by atoms with van der Waals surface area (Å²) in [5.74, 6) is 0.804. The normalized spacial score (nSPS) is 25.6. The van der Waals surface area contributed by atoms with Crippen LogP contribution in [0.1, 0.15) is 25.0 Å². The minimum absolute atomic E-state index is 0.767. The minimum atomic E-state index is 0.767. The number of imidazole rings is 1. The molecule has 3 rings (SSSR count). The number of nitrogens with zero attached hydrogens (tertiary/aromatic N) is 3. The van der Waals surface area contributed by atoms with Gasteiger partial charge >= 0.3 is 0 Å². The molecule has 1 aliphatic heterocycles.